The molecular formula is C24H19ClO3. The van der Waals surface area contributed by atoms with Gasteiger partial charge in [0, 0.05) is 11.1 Å². The number of allylic oxidation sites excluding steroid dienone is 1. The highest BCUT2D eigenvalue weighted by atomic mass is 35.5. The fourth-order valence-corrected chi connectivity index (χ4v) is 3.35. The third-order valence-corrected chi connectivity index (χ3v) is 4.85. The normalized spacial score (nSPS) is 14.1. The van der Waals surface area contributed by atoms with E-state index in [1.54, 1.807) is 12.1 Å². The second kappa shape index (κ2) is 7.53. The zero-order valence-electron chi connectivity index (χ0n) is 15.7. The van der Waals surface area contributed by atoms with Crippen molar-refractivity contribution in [2.45, 2.75) is 20.5 Å². The summed E-state index contributed by atoms with van der Waals surface area (Å²) in [5, 5.41) is 0.692. The van der Waals surface area contributed by atoms with Crippen LogP contribution in [0.2, 0.25) is 5.02 Å². The highest BCUT2D eigenvalue weighted by Gasteiger charge is 2.30. The van der Waals surface area contributed by atoms with Crippen LogP contribution in [-0.2, 0) is 6.61 Å². The van der Waals surface area contributed by atoms with E-state index >= 15 is 0 Å². The Morgan fingerprint density at radius 1 is 1.04 bits per heavy atom. The Hall–Kier alpha value is -3.04. The summed E-state index contributed by atoms with van der Waals surface area (Å²) >= 11 is 5.91. The number of rotatable bonds is 4. The van der Waals surface area contributed by atoms with Crippen LogP contribution < -0.4 is 9.47 Å². The molecule has 0 saturated carbocycles. The largest absolute Gasteiger partial charge is 0.489 e. The number of aryl methyl sites for hydroxylation is 2. The standard InChI is InChI=1S/C24H19ClO3/c1-15-4-3-5-18(10-15)12-22-24(26)23-16(2)11-20(13-21(23)28-22)27-14-17-6-8-19(25)9-7-17/h3-13H,14H2,1-2H3/b22-12-. The lowest BCUT2D eigenvalue weighted by molar-refractivity contribution is 0.101. The van der Waals surface area contributed by atoms with Gasteiger partial charge >= 0.3 is 0 Å². The average Bonchev–Trinajstić information content (AvgIpc) is 2.97. The molecule has 4 heteroatoms. The van der Waals surface area contributed by atoms with Crippen LogP contribution in [0.1, 0.15) is 32.6 Å². The van der Waals surface area contributed by atoms with Crippen LogP contribution in [0.3, 0.4) is 0 Å². The SMILES string of the molecule is Cc1cccc(/C=C2\Oc3cc(OCc4ccc(Cl)cc4)cc(C)c3C2=O)c1. The van der Waals surface area contributed by atoms with Gasteiger partial charge in [-0.2, -0.15) is 0 Å². The van der Waals surface area contributed by atoms with Gasteiger partial charge in [0.2, 0.25) is 5.78 Å². The van der Waals surface area contributed by atoms with Gasteiger partial charge < -0.3 is 9.47 Å². The Morgan fingerprint density at radius 2 is 1.82 bits per heavy atom. The second-order valence-electron chi connectivity index (χ2n) is 6.88. The molecule has 1 aliphatic heterocycles. The van der Waals surface area contributed by atoms with Gasteiger partial charge in [-0.25, -0.2) is 0 Å². The number of halogens is 1. The molecular weight excluding hydrogens is 372 g/mol. The van der Waals surface area contributed by atoms with Crippen LogP contribution in [0.5, 0.6) is 11.5 Å². The van der Waals surface area contributed by atoms with Gasteiger partial charge in [-0.3, -0.25) is 4.79 Å². The van der Waals surface area contributed by atoms with E-state index in [1.807, 2.05) is 68.4 Å². The van der Waals surface area contributed by atoms with Crippen molar-refractivity contribution < 1.29 is 14.3 Å². The van der Waals surface area contributed by atoms with Crippen LogP contribution in [0, 0.1) is 13.8 Å². The number of carbonyl (C=O) groups excluding carboxylic acids is 1. The summed E-state index contributed by atoms with van der Waals surface area (Å²) in [5.41, 5.74) is 4.51. The van der Waals surface area contributed by atoms with Crippen molar-refractivity contribution in [1.29, 1.82) is 0 Å². The summed E-state index contributed by atoms with van der Waals surface area (Å²) in [6, 6.07) is 19.1. The third kappa shape index (κ3) is 3.80. The number of carbonyl (C=O) groups is 1. The van der Waals surface area contributed by atoms with Gasteiger partial charge in [0.1, 0.15) is 18.1 Å². The zero-order valence-corrected chi connectivity index (χ0v) is 16.4. The van der Waals surface area contributed by atoms with E-state index in [9.17, 15) is 4.79 Å². The summed E-state index contributed by atoms with van der Waals surface area (Å²) in [6.45, 7) is 4.32. The molecule has 4 rings (SSSR count). The van der Waals surface area contributed by atoms with Gasteiger partial charge in [0.25, 0.3) is 0 Å². The van der Waals surface area contributed by atoms with Crippen LogP contribution in [0.25, 0.3) is 6.08 Å². The van der Waals surface area contributed by atoms with Crippen molar-refractivity contribution >= 4 is 23.5 Å². The number of hydrogen-bond donors (Lipinski definition) is 0. The quantitative estimate of drug-likeness (QED) is 0.501. The first kappa shape index (κ1) is 18.3. The van der Waals surface area contributed by atoms with Crippen molar-refractivity contribution in [3.8, 4) is 11.5 Å². The van der Waals surface area contributed by atoms with Crippen LogP contribution in [-0.4, -0.2) is 5.78 Å². The number of hydrogen-bond acceptors (Lipinski definition) is 3. The maximum absolute atomic E-state index is 12.8. The third-order valence-electron chi connectivity index (χ3n) is 4.60. The molecule has 0 aliphatic carbocycles. The predicted octanol–water partition coefficient (Wildman–Crippen LogP) is 6.15. The van der Waals surface area contributed by atoms with E-state index in [0.717, 1.165) is 22.3 Å². The molecule has 3 aromatic carbocycles. The lowest BCUT2D eigenvalue weighted by Crippen LogP contribution is -2.00. The molecule has 3 nitrogen and oxygen atoms in total. The summed E-state index contributed by atoms with van der Waals surface area (Å²) < 4.78 is 11.8. The van der Waals surface area contributed by atoms with Crippen molar-refractivity contribution in [2.75, 3.05) is 0 Å². The van der Waals surface area contributed by atoms with Crippen LogP contribution >= 0.6 is 11.6 Å². The van der Waals surface area contributed by atoms with Gasteiger partial charge in [-0.15, -0.1) is 0 Å². The Morgan fingerprint density at radius 3 is 2.57 bits per heavy atom. The molecule has 0 aromatic heterocycles. The molecule has 0 bridgehead atoms. The van der Waals surface area contributed by atoms with Gasteiger partial charge in [-0.05, 0) is 54.8 Å². The lowest BCUT2D eigenvalue weighted by Gasteiger charge is -2.09. The predicted molar refractivity (Wildman–Crippen MR) is 111 cm³/mol. The number of ether oxygens (including phenoxy) is 2. The van der Waals surface area contributed by atoms with Crippen molar-refractivity contribution in [3.05, 3.63) is 99.3 Å². The molecule has 3 aromatic rings. The van der Waals surface area contributed by atoms with Crippen molar-refractivity contribution in [3.63, 3.8) is 0 Å². The molecule has 0 amide bonds. The molecule has 140 valence electrons. The van der Waals surface area contributed by atoms with E-state index < -0.39 is 0 Å². The topological polar surface area (TPSA) is 35.5 Å². The van der Waals surface area contributed by atoms with Gasteiger partial charge in [0.15, 0.2) is 5.76 Å². The molecule has 0 unspecified atom stereocenters. The Balaban J connectivity index is 1.56. The fourth-order valence-electron chi connectivity index (χ4n) is 3.22. The minimum Gasteiger partial charge on any atom is -0.489 e. The van der Waals surface area contributed by atoms with Crippen LogP contribution in [0.4, 0.5) is 0 Å². The highest BCUT2D eigenvalue weighted by molar-refractivity contribution is 6.30. The molecule has 0 spiro atoms. The smallest absolute Gasteiger partial charge is 0.232 e. The molecule has 1 aliphatic rings. The zero-order chi connectivity index (χ0) is 19.7. The summed E-state index contributed by atoms with van der Waals surface area (Å²) in [7, 11) is 0. The lowest BCUT2D eigenvalue weighted by atomic mass is 10.0. The Bertz CT molecular complexity index is 1080. The minimum atomic E-state index is -0.0988. The van der Waals surface area contributed by atoms with E-state index in [0.29, 0.717) is 34.5 Å². The average molecular weight is 391 g/mol. The molecule has 0 atom stereocenters. The van der Waals surface area contributed by atoms with Crippen LogP contribution in [0.15, 0.2) is 66.4 Å². The first-order valence-electron chi connectivity index (χ1n) is 9.02. The molecule has 0 radical (unpaired) electrons. The molecule has 0 N–H and O–H groups in total. The number of benzene rings is 3. The monoisotopic (exact) mass is 390 g/mol. The molecule has 0 saturated heterocycles. The van der Waals surface area contributed by atoms with Crippen molar-refractivity contribution in [1.82, 2.24) is 0 Å². The molecule has 0 fully saturated rings. The fraction of sp³-hybridized carbons (Fsp3) is 0.125. The van der Waals surface area contributed by atoms with E-state index in [4.69, 9.17) is 21.1 Å². The minimum absolute atomic E-state index is 0.0988. The van der Waals surface area contributed by atoms with Gasteiger partial charge in [0.05, 0.1) is 5.56 Å². The van der Waals surface area contributed by atoms with Crippen molar-refractivity contribution in [2.24, 2.45) is 0 Å². The summed E-state index contributed by atoms with van der Waals surface area (Å²) in [6.07, 6.45) is 1.78. The van der Waals surface area contributed by atoms with E-state index in [-0.39, 0.29) is 5.78 Å². The first-order chi connectivity index (χ1) is 13.5. The van der Waals surface area contributed by atoms with E-state index in [2.05, 4.69) is 0 Å². The highest BCUT2D eigenvalue weighted by Crippen LogP contribution is 2.37. The maximum atomic E-state index is 12.8. The Labute approximate surface area is 169 Å². The van der Waals surface area contributed by atoms with Gasteiger partial charge in [-0.1, -0.05) is 53.6 Å². The van der Waals surface area contributed by atoms with E-state index in [1.165, 1.54) is 0 Å². The Kier molecular flexibility index (Phi) is 4.93. The molecule has 28 heavy (non-hydrogen) atoms. The number of ketones is 1. The number of fused-ring (bicyclic) bond motifs is 1. The maximum Gasteiger partial charge on any atom is 0.232 e. The number of Topliss-reactive ketones (excluding diaryl/α,β-unsaturated/α-hetero) is 1. The first-order valence-corrected chi connectivity index (χ1v) is 9.40. The molecule has 1 heterocycles. The summed E-state index contributed by atoms with van der Waals surface area (Å²) in [5.74, 6) is 1.43. The second-order valence-corrected chi connectivity index (χ2v) is 7.32. The summed E-state index contributed by atoms with van der Waals surface area (Å²) in [4.78, 5) is 12.8.